The third-order valence-electron chi connectivity index (χ3n) is 4.87. The molecular weight excluding hydrogens is 416 g/mol. The lowest BCUT2D eigenvalue weighted by Crippen LogP contribution is -2.48. The Kier molecular flexibility index (Phi) is 14.8. The van der Waals surface area contributed by atoms with Gasteiger partial charge in [0.1, 0.15) is 31.4 Å². The summed E-state index contributed by atoms with van der Waals surface area (Å²) in [5.41, 5.74) is 4.26. The van der Waals surface area contributed by atoms with E-state index in [4.69, 9.17) is 41.3 Å². The van der Waals surface area contributed by atoms with Gasteiger partial charge in [0.2, 0.25) is 0 Å². The van der Waals surface area contributed by atoms with Gasteiger partial charge in [-0.3, -0.25) is 4.79 Å². The molecule has 2 aromatic carbocycles. The molecule has 0 aliphatic rings. The number of rotatable bonds is 12. The topological polar surface area (TPSA) is 37.3 Å². The summed E-state index contributed by atoms with van der Waals surface area (Å²) in [4.78, 5) is 8.36. The van der Waals surface area contributed by atoms with E-state index in [1.54, 1.807) is 0 Å². The molecule has 156 valence electrons. The number of unbranched alkanes of at least 4 members (excludes halogenated alkanes) is 2. The van der Waals surface area contributed by atoms with E-state index in [1.807, 2.05) is 17.8 Å². The average Bonchev–Trinajstić information content (AvgIpc) is 2.77. The van der Waals surface area contributed by atoms with Gasteiger partial charge in [-0.25, -0.2) is 0 Å². The second-order valence-electron chi connectivity index (χ2n) is 7.23. The van der Waals surface area contributed by atoms with Crippen LogP contribution in [0.15, 0.2) is 36.4 Å². The second kappa shape index (κ2) is 16.5. The number of benzene rings is 2. The van der Waals surface area contributed by atoms with Crippen LogP contribution in [0.1, 0.15) is 50.2 Å². The van der Waals surface area contributed by atoms with Crippen LogP contribution in [-0.4, -0.2) is 54.0 Å². The first-order chi connectivity index (χ1) is 14.9. The van der Waals surface area contributed by atoms with Gasteiger partial charge in [0.25, 0.3) is 6.47 Å². The molecule has 0 aliphatic carbocycles. The highest BCUT2D eigenvalue weighted by molar-refractivity contribution is 7.99. The van der Waals surface area contributed by atoms with Crippen molar-refractivity contribution in [2.24, 2.45) is 0 Å². The zero-order valence-electron chi connectivity index (χ0n) is 18.3. The van der Waals surface area contributed by atoms with Crippen LogP contribution in [0.25, 0.3) is 0 Å². The van der Waals surface area contributed by atoms with E-state index < -0.39 is 0 Å². The minimum absolute atomic E-state index is 0.250. The standard InChI is InChI=1S/C22H26B4S2.CH2O2/c1-2-3-5-10-18(28-14-16-8-6-4-7-9-16)11-12-27-15-17-13-19(23)21(25)22(26)20(17)24;2-1-3/h4,6-9,13,18H,2-3,5,10-12,14-15H2,1H3;1H,(H,2,3). The third kappa shape index (κ3) is 10.8. The van der Waals surface area contributed by atoms with Crippen LogP contribution in [0.4, 0.5) is 0 Å². The molecule has 2 nitrogen and oxygen atoms in total. The molecule has 0 aliphatic heterocycles. The molecule has 8 radical (unpaired) electrons. The Bertz CT molecular complexity index is 776. The molecule has 0 spiro atoms. The molecule has 2 aromatic rings. The van der Waals surface area contributed by atoms with Gasteiger partial charge < -0.3 is 5.11 Å². The van der Waals surface area contributed by atoms with Crippen molar-refractivity contribution >= 4 is 83.2 Å². The van der Waals surface area contributed by atoms with Gasteiger partial charge in [0.05, 0.1) is 0 Å². The van der Waals surface area contributed by atoms with Crippen LogP contribution in [0.5, 0.6) is 0 Å². The van der Waals surface area contributed by atoms with Gasteiger partial charge >= 0.3 is 0 Å². The maximum Gasteiger partial charge on any atom is 0.290 e. The van der Waals surface area contributed by atoms with Crippen molar-refractivity contribution in [2.45, 2.75) is 55.8 Å². The van der Waals surface area contributed by atoms with E-state index in [9.17, 15) is 0 Å². The molecule has 0 amide bonds. The average molecular weight is 444 g/mol. The Balaban J connectivity index is 0.00000151. The number of hydrogen-bond acceptors (Lipinski definition) is 3. The molecular formula is C23H28B4O2S2. The van der Waals surface area contributed by atoms with Gasteiger partial charge in [-0.15, -0.1) is 21.9 Å². The lowest BCUT2D eigenvalue weighted by atomic mass is 9.65. The minimum Gasteiger partial charge on any atom is -0.483 e. The molecule has 1 unspecified atom stereocenters. The van der Waals surface area contributed by atoms with Crippen molar-refractivity contribution in [2.75, 3.05) is 5.75 Å². The Labute approximate surface area is 201 Å². The maximum absolute atomic E-state index is 8.36. The summed E-state index contributed by atoms with van der Waals surface area (Å²) >= 11 is 3.97. The zero-order valence-corrected chi connectivity index (χ0v) is 19.9. The van der Waals surface area contributed by atoms with Gasteiger partial charge in [-0.05, 0) is 29.7 Å². The van der Waals surface area contributed by atoms with Crippen LogP contribution in [0.2, 0.25) is 0 Å². The summed E-state index contributed by atoms with van der Waals surface area (Å²) in [6, 6.07) is 12.6. The highest BCUT2D eigenvalue weighted by Gasteiger charge is 2.11. The Hall–Kier alpha value is -1.13. The van der Waals surface area contributed by atoms with Crippen molar-refractivity contribution in [3.05, 3.63) is 47.5 Å². The monoisotopic (exact) mass is 444 g/mol. The van der Waals surface area contributed by atoms with Crippen molar-refractivity contribution < 1.29 is 9.90 Å². The molecule has 31 heavy (non-hydrogen) atoms. The second-order valence-corrected chi connectivity index (χ2v) is 9.62. The molecule has 1 atom stereocenters. The fourth-order valence-electron chi connectivity index (χ4n) is 3.05. The lowest BCUT2D eigenvalue weighted by Gasteiger charge is -2.18. The van der Waals surface area contributed by atoms with E-state index in [2.05, 4.69) is 49.0 Å². The number of carbonyl (C=O) groups is 1. The molecule has 0 saturated carbocycles. The smallest absolute Gasteiger partial charge is 0.290 e. The van der Waals surface area contributed by atoms with Crippen molar-refractivity contribution in [1.29, 1.82) is 0 Å². The Morgan fingerprint density at radius 3 is 2.29 bits per heavy atom. The van der Waals surface area contributed by atoms with Gasteiger partial charge in [0.15, 0.2) is 0 Å². The maximum atomic E-state index is 8.36. The molecule has 0 fully saturated rings. The van der Waals surface area contributed by atoms with Crippen LogP contribution in [-0.2, 0) is 16.3 Å². The van der Waals surface area contributed by atoms with Crippen LogP contribution in [0.3, 0.4) is 0 Å². The first kappa shape index (κ1) is 27.9. The summed E-state index contributed by atoms with van der Waals surface area (Å²) < 4.78 is 0. The quantitative estimate of drug-likeness (QED) is 0.310. The normalized spacial score (nSPS) is 11.4. The number of carboxylic acid groups (broad SMARTS) is 1. The molecule has 1 N–H and O–H groups in total. The van der Waals surface area contributed by atoms with E-state index >= 15 is 0 Å². The summed E-state index contributed by atoms with van der Waals surface area (Å²) in [5, 5.41) is 7.58. The predicted molar refractivity (Wildman–Crippen MR) is 143 cm³/mol. The van der Waals surface area contributed by atoms with Crippen LogP contribution in [0, 0.1) is 0 Å². The Morgan fingerprint density at radius 1 is 0.968 bits per heavy atom. The fourth-order valence-corrected chi connectivity index (χ4v) is 5.50. The van der Waals surface area contributed by atoms with Crippen molar-refractivity contribution in [1.82, 2.24) is 0 Å². The zero-order chi connectivity index (χ0) is 23.1. The summed E-state index contributed by atoms with van der Waals surface area (Å²) in [6.07, 6.45) is 6.38. The molecule has 0 aromatic heterocycles. The Morgan fingerprint density at radius 2 is 1.65 bits per heavy atom. The van der Waals surface area contributed by atoms with Crippen LogP contribution >= 0.6 is 23.5 Å². The molecule has 0 heterocycles. The van der Waals surface area contributed by atoms with Gasteiger partial charge in [0, 0.05) is 16.8 Å². The van der Waals surface area contributed by atoms with E-state index in [-0.39, 0.29) is 6.47 Å². The fraction of sp³-hybridized carbons (Fsp3) is 0.435. The minimum atomic E-state index is -0.250. The largest absolute Gasteiger partial charge is 0.483 e. The molecule has 2 rings (SSSR count). The molecule has 0 bridgehead atoms. The molecule has 0 saturated heterocycles. The SMILES string of the molecule is O=CO.[B]c1cc(CSCCC(CCCCC)SCc2ccccc2)c([B])c([B])c1[B]. The highest BCUT2D eigenvalue weighted by Crippen LogP contribution is 2.27. The molecule has 8 heteroatoms. The van der Waals surface area contributed by atoms with E-state index in [0.29, 0.717) is 27.1 Å². The van der Waals surface area contributed by atoms with Gasteiger partial charge in [-0.1, -0.05) is 62.6 Å². The first-order valence-corrected chi connectivity index (χ1v) is 12.7. The summed E-state index contributed by atoms with van der Waals surface area (Å²) in [5.74, 6) is 2.99. The third-order valence-corrected chi connectivity index (χ3v) is 7.35. The van der Waals surface area contributed by atoms with Crippen molar-refractivity contribution in [3.8, 4) is 0 Å². The summed E-state index contributed by atoms with van der Waals surface area (Å²) in [6.45, 7) is 2.01. The first-order valence-electron chi connectivity index (χ1n) is 10.5. The van der Waals surface area contributed by atoms with Gasteiger partial charge in [-0.2, -0.15) is 23.5 Å². The lowest BCUT2D eigenvalue weighted by molar-refractivity contribution is -0.122. The van der Waals surface area contributed by atoms with E-state index in [0.717, 1.165) is 22.8 Å². The highest BCUT2D eigenvalue weighted by atomic mass is 32.2. The number of hydrogen-bond donors (Lipinski definition) is 1. The van der Waals surface area contributed by atoms with Crippen LogP contribution < -0.4 is 21.9 Å². The summed E-state index contributed by atoms with van der Waals surface area (Å²) in [7, 11) is 23.8. The predicted octanol–water partition coefficient (Wildman–Crippen LogP) is 2.07. The van der Waals surface area contributed by atoms with Crippen molar-refractivity contribution in [3.63, 3.8) is 0 Å². The van der Waals surface area contributed by atoms with E-state index in [1.165, 1.54) is 37.7 Å². The number of thioether (sulfide) groups is 2.